The number of imidazole rings is 1. The minimum absolute atomic E-state index is 0.134. The summed E-state index contributed by atoms with van der Waals surface area (Å²) in [4.78, 5) is 34.3. The van der Waals surface area contributed by atoms with Crippen LogP contribution < -0.4 is 5.32 Å². The van der Waals surface area contributed by atoms with Crippen molar-refractivity contribution < 1.29 is 14.0 Å². The van der Waals surface area contributed by atoms with Crippen molar-refractivity contribution in [2.75, 3.05) is 19.6 Å². The third-order valence-electron chi connectivity index (χ3n) is 10.9. The van der Waals surface area contributed by atoms with E-state index >= 15 is 0 Å². The van der Waals surface area contributed by atoms with E-state index in [0.29, 0.717) is 31.2 Å². The third-order valence-corrected chi connectivity index (χ3v) is 11.3. The Morgan fingerprint density at radius 1 is 1.02 bits per heavy atom. The normalized spacial score (nSPS) is 24.0. The van der Waals surface area contributed by atoms with Crippen molar-refractivity contribution in [3.63, 3.8) is 0 Å². The van der Waals surface area contributed by atoms with E-state index in [-0.39, 0.29) is 17.1 Å². The smallest absolute Gasteiger partial charge is 0.253 e. The molecule has 4 heterocycles. The van der Waals surface area contributed by atoms with Gasteiger partial charge in [-0.2, -0.15) is 0 Å². The summed E-state index contributed by atoms with van der Waals surface area (Å²) < 4.78 is 17.1. The Morgan fingerprint density at radius 3 is 2.33 bits per heavy atom. The van der Waals surface area contributed by atoms with Crippen LogP contribution in [-0.4, -0.2) is 73.8 Å². The minimum atomic E-state index is -1.25. The minimum Gasteiger partial charge on any atom is -0.341 e. The average Bonchev–Trinajstić information content (AvgIpc) is 3.48. The number of piperidine rings is 2. The highest BCUT2D eigenvalue weighted by atomic mass is 35.5. The van der Waals surface area contributed by atoms with Crippen molar-refractivity contribution in [2.45, 2.75) is 107 Å². The van der Waals surface area contributed by atoms with Crippen molar-refractivity contribution in [3.05, 3.63) is 65.7 Å². The summed E-state index contributed by atoms with van der Waals surface area (Å²) in [5.41, 5.74) is 2.52. The second kappa shape index (κ2) is 13.1. The number of halogens is 3. The van der Waals surface area contributed by atoms with Gasteiger partial charge in [-0.3, -0.25) is 14.5 Å². The number of nitrogens with one attached hydrogen (secondary N) is 1. The lowest BCUT2D eigenvalue weighted by Crippen LogP contribution is -2.58. The van der Waals surface area contributed by atoms with Gasteiger partial charge < -0.3 is 14.8 Å². The molecule has 1 aromatic heterocycles. The van der Waals surface area contributed by atoms with Crippen LogP contribution in [0.15, 0.2) is 48.5 Å². The van der Waals surface area contributed by atoms with Crippen molar-refractivity contribution >= 4 is 46.0 Å². The monoisotopic (exact) mass is 669 g/mol. The first-order chi connectivity index (χ1) is 21.9. The molecular formula is C36H46Cl2FN5O2. The second-order valence-electron chi connectivity index (χ2n) is 14.7. The van der Waals surface area contributed by atoms with E-state index < -0.39 is 22.2 Å². The summed E-state index contributed by atoms with van der Waals surface area (Å²) in [7, 11) is 0. The molecule has 3 aromatic rings. The molecule has 2 aromatic carbocycles. The Labute approximate surface area is 281 Å². The van der Waals surface area contributed by atoms with Crippen LogP contribution in [0, 0.1) is 18.2 Å². The lowest BCUT2D eigenvalue weighted by Gasteiger charge is -2.46. The fourth-order valence-corrected chi connectivity index (χ4v) is 8.61. The molecule has 3 fully saturated rings. The number of alkyl halides is 2. The van der Waals surface area contributed by atoms with Gasteiger partial charge in [0.2, 0.25) is 5.91 Å². The van der Waals surface area contributed by atoms with E-state index in [9.17, 15) is 14.0 Å². The standard InChI is InChI=1S/C36H46Cl2FN5O2/c1-23-40-29-10-5-6-11-30(29)44(23)28-21-26-12-13-27(22-28)43(26)19-16-36(24-8-7-9-25(39)20-24)14-17-42(18-15-36)34(46)31(35(2,3)4)41-33(45)32(37)38/h5-11,20,26-28,31-32H,12-19,21-22H2,1-4H3,(H,41,45)/t26-,27+,28?,31-/m1/s1. The van der Waals surface area contributed by atoms with Gasteiger partial charge in [0.05, 0.1) is 11.0 Å². The summed E-state index contributed by atoms with van der Waals surface area (Å²) in [5, 5.41) is 2.77. The highest BCUT2D eigenvalue weighted by molar-refractivity contribution is 6.53. The zero-order valence-electron chi connectivity index (χ0n) is 27.3. The number of hydrogen-bond donors (Lipinski definition) is 1. The summed E-state index contributed by atoms with van der Waals surface area (Å²) in [6.07, 6.45) is 6.99. The number of nitrogens with zero attached hydrogens (tertiary/aromatic N) is 4. The van der Waals surface area contributed by atoms with Crippen molar-refractivity contribution in [1.82, 2.24) is 24.7 Å². The van der Waals surface area contributed by atoms with Crippen LogP contribution >= 0.6 is 23.2 Å². The van der Waals surface area contributed by atoms with E-state index in [1.165, 1.54) is 24.4 Å². The van der Waals surface area contributed by atoms with E-state index in [4.69, 9.17) is 28.2 Å². The number of amides is 2. The predicted molar refractivity (Wildman–Crippen MR) is 182 cm³/mol. The van der Waals surface area contributed by atoms with Gasteiger partial charge >= 0.3 is 0 Å². The van der Waals surface area contributed by atoms with Crippen LogP contribution in [-0.2, 0) is 15.0 Å². The highest BCUT2D eigenvalue weighted by Crippen LogP contribution is 2.45. The highest BCUT2D eigenvalue weighted by Gasteiger charge is 2.45. The van der Waals surface area contributed by atoms with Gasteiger partial charge in [0.15, 0.2) is 4.84 Å². The van der Waals surface area contributed by atoms with Gasteiger partial charge in [0.1, 0.15) is 17.7 Å². The SMILES string of the molecule is Cc1nc2ccccc2n1C1C[C@H]2CC[C@@H](C1)N2CCC1(c2cccc(F)c2)CCN(C(=O)[C@@H](NC(=O)C(Cl)Cl)C(C)(C)C)CC1. The average molecular weight is 671 g/mol. The zero-order valence-corrected chi connectivity index (χ0v) is 28.8. The zero-order chi connectivity index (χ0) is 32.8. The van der Waals surface area contributed by atoms with Gasteiger partial charge in [0, 0.05) is 31.2 Å². The van der Waals surface area contributed by atoms with Crippen LogP contribution in [0.4, 0.5) is 4.39 Å². The molecule has 0 aliphatic carbocycles. The Kier molecular flexibility index (Phi) is 9.45. The van der Waals surface area contributed by atoms with Crippen LogP contribution in [0.2, 0.25) is 0 Å². The molecule has 4 atom stereocenters. The molecule has 6 rings (SSSR count). The first-order valence-electron chi connectivity index (χ1n) is 16.7. The molecule has 0 radical (unpaired) electrons. The molecule has 3 saturated heterocycles. The first-order valence-corrected chi connectivity index (χ1v) is 17.6. The fourth-order valence-electron chi connectivity index (χ4n) is 8.48. The summed E-state index contributed by atoms with van der Waals surface area (Å²) in [5.74, 6) is 0.151. The van der Waals surface area contributed by atoms with Gasteiger partial charge in [-0.05, 0) is 99.1 Å². The van der Waals surface area contributed by atoms with Crippen LogP contribution in [0.5, 0.6) is 0 Å². The molecule has 0 saturated carbocycles. The lowest BCUT2D eigenvalue weighted by atomic mass is 9.70. The molecular weight excluding hydrogens is 624 g/mol. The van der Waals surface area contributed by atoms with Crippen molar-refractivity contribution in [1.29, 1.82) is 0 Å². The molecule has 46 heavy (non-hydrogen) atoms. The van der Waals surface area contributed by atoms with Crippen molar-refractivity contribution in [2.24, 2.45) is 5.41 Å². The summed E-state index contributed by atoms with van der Waals surface area (Å²) >= 11 is 11.6. The Balaban J connectivity index is 1.17. The number of carbonyl (C=O) groups excluding carboxylic acids is 2. The molecule has 1 unspecified atom stereocenters. The largest absolute Gasteiger partial charge is 0.341 e. The topological polar surface area (TPSA) is 70.5 Å². The molecule has 2 bridgehead atoms. The third kappa shape index (κ3) is 6.54. The fraction of sp³-hybridized carbons (Fsp3) is 0.583. The lowest BCUT2D eigenvalue weighted by molar-refractivity contribution is -0.140. The number of aryl methyl sites for hydroxylation is 1. The van der Waals surface area contributed by atoms with Crippen LogP contribution in [0.3, 0.4) is 0 Å². The molecule has 3 aliphatic rings. The van der Waals surface area contributed by atoms with E-state index in [0.717, 1.165) is 55.6 Å². The molecule has 3 aliphatic heterocycles. The maximum Gasteiger partial charge on any atom is 0.253 e. The Morgan fingerprint density at radius 2 is 1.70 bits per heavy atom. The van der Waals surface area contributed by atoms with Crippen molar-refractivity contribution in [3.8, 4) is 0 Å². The predicted octanol–water partition coefficient (Wildman–Crippen LogP) is 6.94. The van der Waals surface area contributed by atoms with Gasteiger partial charge in [-0.15, -0.1) is 0 Å². The number of hydrogen-bond acceptors (Lipinski definition) is 4. The molecule has 1 N–H and O–H groups in total. The summed E-state index contributed by atoms with van der Waals surface area (Å²) in [6.45, 7) is 9.89. The molecule has 10 heteroatoms. The first kappa shape index (κ1) is 33.2. The van der Waals surface area contributed by atoms with E-state index in [1.54, 1.807) is 12.1 Å². The molecule has 7 nitrogen and oxygen atoms in total. The number of rotatable bonds is 8. The Bertz CT molecular complexity index is 1560. The molecule has 248 valence electrons. The maximum atomic E-state index is 14.6. The van der Waals surface area contributed by atoms with Gasteiger partial charge in [-0.1, -0.05) is 68.2 Å². The number of benzene rings is 2. The number of fused-ring (bicyclic) bond motifs is 3. The second-order valence-corrected chi connectivity index (χ2v) is 15.8. The van der Waals surface area contributed by atoms with E-state index in [2.05, 4.69) is 46.0 Å². The number of para-hydroxylation sites is 2. The molecule has 2 amide bonds. The molecule has 0 spiro atoms. The summed E-state index contributed by atoms with van der Waals surface area (Å²) in [6, 6.07) is 16.2. The van der Waals surface area contributed by atoms with Crippen LogP contribution in [0.25, 0.3) is 11.0 Å². The van der Waals surface area contributed by atoms with Crippen LogP contribution in [0.1, 0.15) is 83.1 Å². The number of aromatic nitrogens is 2. The van der Waals surface area contributed by atoms with Gasteiger partial charge in [-0.25, -0.2) is 9.37 Å². The Hall–Kier alpha value is -2.68. The number of likely N-dealkylation sites (tertiary alicyclic amines) is 1. The quantitative estimate of drug-likeness (QED) is 0.264. The van der Waals surface area contributed by atoms with Gasteiger partial charge in [0.25, 0.3) is 5.91 Å². The number of carbonyl (C=O) groups is 2. The van der Waals surface area contributed by atoms with E-state index in [1.807, 2.05) is 31.7 Å². The maximum absolute atomic E-state index is 14.6.